The third-order valence-electron chi connectivity index (χ3n) is 5.47. The third kappa shape index (κ3) is 4.80. The van der Waals surface area contributed by atoms with Crippen LogP contribution >= 0.6 is 23.1 Å². The van der Waals surface area contributed by atoms with Crippen LogP contribution in [0.2, 0.25) is 0 Å². The number of nitriles is 1. The average Bonchev–Trinajstić information content (AvgIpc) is 3.44. The number of rotatable bonds is 6. The Balaban J connectivity index is 1.50. The van der Waals surface area contributed by atoms with Crippen molar-refractivity contribution in [2.75, 3.05) is 5.75 Å². The molecule has 180 valence electrons. The van der Waals surface area contributed by atoms with Gasteiger partial charge >= 0.3 is 6.18 Å². The lowest BCUT2D eigenvalue weighted by molar-refractivity contribution is -0.137. The van der Waals surface area contributed by atoms with E-state index in [-0.39, 0.29) is 22.6 Å². The zero-order chi connectivity index (χ0) is 25.3. The summed E-state index contributed by atoms with van der Waals surface area (Å²) in [6, 6.07) is 22.4. The number of hydrogen-bond acceptors (Lipinski definition) is 6. The number of thioether (sulfide) groups is 1. The van der Waals surface area contributed by atoms with Gasteiger partial charge in [0.2, 0.25) is 0 Å². The molecule has 0 bridgehead atoms. The first-order valence-corrected chi connectivity index (χ1v) is 12.6. The summed E-state index contributed by atoms with van der Waals surface area (Å²) in [5.74, 6) is -0.167. The minimum atomic E-state index is -4.48. The van der Waals surface area contributed by atoms with Gasteiger partial charge in [0.25, 0.3) is 0 Å². The van der Waals surface area contributed by atoms with E-state index in [1.807, 2.05) is 65.2 Å². The minimum Gasteiger partial charge on any atom is -0.510 e. The number of allylic oxidation sites excluding steroid dienone is 1. The van der Waals surface area contributed by atoms with Gasteiger partial charge < -0.3 is 9.67 Å². The summed E-state index contributed by atoms with van der Waals surface area (Å²) in [6.45, 7) is 0.387. The van der Waals surface area contributed by atoms with Crippen molar-refractivity contribution in [2.45, 2.75) is 17.9 Å². The molecule has 0 aliphatic carbocycles. The van der Waals surface area contributed by atoms with Crippen LogP contribution in [-0.4, -0.2) is 25.4 Å². The van der Waals surface area contributed by atoms with Gasteiger partial charge in [0, 0.05) is 0 Å². The van der Waals surface area contributed by atoms with E-state index in [9.17, 15) is 23.5 Å². The lowest BCUT2D eigenvalue weighted by Crippen LogP contribution is -2.05. The molecule has 1 N–H and O–H groups in total. The number of nitrogens with zero attached hydrogens (tertiary/aromatic N) is 4. The van der Waals surface area contributed by atoms with Crippen molar-refractivity contribution in [1.82, 2.24) is 14.5 Å². The van der Waals surface area contributed by atoms with E-state index in [0.717, 1.165) is 39.7 Å². The van der Waals surface area contributed by atoms with E-state index in [0.29, 0.717) is 22.2 Å². The van der Waals surface area contributed by atoms with Gasteiger partial charge in [0.1, 0.15) is 22.4 Å². The fourth-order valence-corrected chi connectivity index (χ4v) is 5.61. The maximum atomic E-state index is 13.3. The molecule has 0 aliphatic heterocycles. The van der Waals surface area contributed by atoms with E-state index in [4.69, 9.17) is 0 Å². The van der Waals surface area contributed by atoms with Crippen molar-refractivity contribution < 1.29 is 18.3 Å². The first-order valence-electron chi connectivity index (χ1n) is 10.8. The number of aliphatic hydroxyl groups is 1. The van der Waals surface area contributed by atoms with Gasteiger partial charge in [-0.2, -0.15) is 18.4 Å². The predicted molar refractivity (Wildman–Crippen MR) is 136 cm³/mol. The second kappa shape index (κ2) is 9.68. The molecule has 10 heteroatoms. The second-order valence-electron chi connectivity index (χ2n) is 7.88. The molecule has 0 saturated heterocycles. The molecule has 0 spiro atoms. The van der Waals surface area contributed by atoms with Gasteiger partial charge in [-0.1, -0.05) is 54.2 Å². The van der Waals surface area contributed by atoms with Crippen LogP contribution in [-0.2, 0) is 12.7 Å². The standard InChI is InChI=1S/C26H17F3N4OS2/c27-26(28,29)17-10-11-21-20(12-17)32-25(33(21)14-16-6-2-1-3-7-16)35-15-22(34)18(13-30)24-31-19-8-4-5-9-23(19)36-24/h1-12,34H,14-15H2. The monoisotopic (exact) mass is 522 g/mol. The van der Waals surface area contributed by atoms with Crippen molar-refractivity contribution in [2.24, 2.45) is 0 Å². The van der Waals surface area contributed by atoms with Gasteiger partial charge in [-0.3, -0.25) is 0 Å². The number of hydrogen-bond donors (Lipinski definition) is 1. The zero-order valence-corrected chi connectivity index (χ0v) is 20.2. The van der Waals surface area contributed by atoms with Gasteiger partial charge in [0.15, 0.2) is 5.16 Å². The van der Waals surface area contributed by atoms with Crippen LogP contribution in [0, 0.1) is 11.3 Å². The Morgan fingerprint density at radius 2 is 1.75 bits per heavy atom. The smallest absolute Gasteiger partial charge is 0.416 e. The van der Waals surface area contributed by atoms with Crippen molar-refractivity contribution in [3.63, 3.8) is 0 Å². The third-order valence-corrected chi connectivity index (χ3v) is 7.51. The summed E-state index contributed by atoms with van der Waals surface area (Å²) >= 11 is 2.45. The number of fused-ring (bicyclic) bond motifs is 2. The average molecular weight is 523 g/mol. The van der Waals surface area contributed by atoms with Crippen LogP contribution in [0.3, 0.4) is 0 Å². The lowest BCUT2D eigenvalue weighted by Gasteiger charge is -2.10. The Morgan fingerprint density at radius 3 is 2.47 bits per heavy atom. The molecule has 0 saturated carbocycles. The Hall–Kier alpha value is -3.81. The lowest BCUT2D eigenvalue weighted by atomic mass is 10.2. The fraction of sp³-hybridized carbons (Fsp3) is 0.115. The molecule has 0 unspecified atom stereocenters. The highest BCUT2D eigenvalue weighted by molar-refractivity contribution is 7.99. The molecule has 0 fully saturated rings. The van der Waals surface area contributed by atoms with Crippen LogP contribution in [0.15, 0.2) is 83.7 Å². The summed E-state index contributed by atoms with van der Waals surface area (Å²) < 4.78 is 42.5. The Morgan fingerprint density at radius 1 is 1.00 bits per heavy atom. The highest BCUT2D eigenvalue weighted by Crippen LogP contribution is 2.34. The molecule has 36 heavy (non-hydrogen) atoms. The van der Waals surface area contributed by atoms with Crippen LogP contribution in [0.25, 0.3) is 26.8 Å². The number of alkyl halides is 3. The first-order chi connectivity index (χ1) is 17.3. The summed E-state index contributed by atoms with van der Waals surface area (Å²) in [5, 5.41) is 21.3. The number of para-hydroxylation sites is 1. The van der Waals surface area contributed by atoms with Gasteiger partial charge in [-0.05, 0) is 35.9 Å². The number of aromatic nitrogens is 3. The molecule has 2 heterocycles. The van der Waals surface area contributed by atoms with Crippen molar-refractivity contribution in [3.8, 4) is 6.07 Å². The normalized spacial score (nSPS) is 12.6. The Labute approximate surface area is 212 Å². The van der Waals surface area contributed by atoms with E-state index >= 15 is 0 Å². The molecule has 0 atom stereocenters. The molecule has 5 rings (SSSR count). The van der Waals surface area contributed by atoms with Crippen molar-refractivity contribution >= 4 is 49.9 Å². The van der Waals surface area contributed by atoms with Crippen LogP contribution in [0.1, 0.15) is 16.1 Å². The molecule has 0 aliphatic rings. The number of aliphatic hydroxyl groups excluding tert-OH is 1. The van der Waals surface area contributed by atoms with Gasteiger partial charge in [-0.15, -0.1) is 11.3 Å². The van der Waals surface area contributed by atoms with Crippen LogP contribution in [0.5, 0.6) is 0 Å². The summed E-state index contributed by atoms with van der Waals surface area (Å²) in [4.78, 5) is 8.89. The quantitative estimate of drug-likeness (QED) is 0.144. The summed E-state index contributed by atoms with van der Waals surface area (Å²) in [6.07, 6.45) is -4.48. The van der Waals surface area contributed by atoms with Crippen LogP contribution < -0.4 is 0 Å². The molecular weight excluding hydrogens is 505 g/mol. The maximum absolute atomic E-state index is 13.3. The van der Waals surface area contributed by atoms with E-state index in [1.165, 1.54) is 17.4 Å². The number of benzene rings is 3. The van der Waals surface area contributed by atoms with E-state index < -0.39 is 11.7 Å². The number of thiazole rings is 1. The maximum Gasteiger partial charge on any atom is 0.416 e. The van der Waals surface area contributed by atoms with E-state index in [1.54, 1.807) is 0 Å². The zero-order valence-electron chi connectivity index (χ0n) is 18.5. The molecule has 0 amide bonds. The highest BCUT2D eigenvalue weighted by Gasteiger charge is 2.31. The molecule has 0 radical (unpaired) electrons. The number of halogens is 3. The predicted octanol–water partition coefficient (Wildman–Crippen LogP) is 7.30. The molecule has 5 nitrogen and oxygen atoms in total. The molecule has 5 aromatic rings. The topological polar surface area (TPSA) is 74.7 Å². The van der Waals surface area contributed by atoms with E-state index in [2.05, 4.69) is 9.97 Å². The SMILES string of the molecule is N#CC(=C(O)CSc1nc2cc(C(F)(F)F)ccc2n1Cc1ccccc1)c1nc2ccccc2s1. The van der Waals surface area contributed by atoms with Crippen LogP contribution in [0.4, 0.5) is 13.2 Å². The fourth-order valence-electron chi connectivity index (χ4n) is 3.73. The Kier molecular flexibility index (Phi) is 6.43. The summed E-state index contributed by atoms with van der Waals surface area (Å²) in [7, 11) is 0. The molecule has 3 aromatic carbocycles. The van der Waals surface area contributed by atoms with Gasteiger partial charge in [0.05, 0.1) is 39.1 Å². The van der Waals surface area contributed by atoms with Crippen molar-refractivity contribution in [1.29, 1.82) is 5.26 Å². The Bertz CT molecular complexity index is 1600. The van der Waals surface area contributed by atoms with Crippen molar-refractivity contribution in [3.05, 3.63) is 94.7 Å². The highest BCUT2D eigenvalue weighted by atomic mass is 32.2. The second-order valence-corrected chi connectivity index (χ2v) is 9.85. The summed E-state index contributed by atoms with van der Waals surface area (Å²) in [5.41, 5.74) is 1.72. The number of imidazole rings is 1. The minimum absolute atomic E-state index is 0.00303. The molecule has 2 aromatic heterocycles. The van der Waals surface area contributed by atoms with Gasteiger partial charge in [-0.25, -0.2) is 9.97 Å². The largest absolute Gasteiger partial charge is 0.510 e. The first kappa shape index (κ1) is 23.9. The molecular formula is C26H17F3N4OS2.